The number of esters is 1. The quantitative estimate of drug-likeness (QED) is 0.817. The Morgan fingerprint density at radius 1 is 1.47 bits per heavy atom. The molecular formula is C12H11BrN2O2. The highest BCUT2D eigenvalue weighted by molar-refractivity contribution is 9.10. The number of carbonyl (C=O) groups is 1. The molecule has 17 heavy (non-hydrogen) atoms. The maximum Gasteiger partial charge on any atom is 0.358 e. The summed E-state index contributed by atoms with van der Waals surface area (Å²) in [7, 11) is 1.34. The van der Waals surface area contributed by atoms with Gasteiger partial charge in [0.2, 0.25) is 0 Å². The summed E-state index contributed by atoms with van der Waals surface area (Å²) >= 11 is 3.48. The fourth-order valence-electron chi connectivity index (χ4n) is 1.48. The second-order valence-corrected chi connectivity index (χ2v) is 4.37. The topological polar surface area (TPSA) is 44.1 Å². The third-order valence-electron chi connectivity index (χ3n) is 2.34. The average Bonchev–Trinajstić information content (AvgIpc) is 2.80. The molecule has 2 aromatic rings. The van der Waals surface area contributed by atoms with Crippen LogP contribution in [-0.4, -0.2) is 22.6 Å². The predicted octanol–water partition coefficient (Wildman–Crippen LogP) is 2.48. The minimum Gasteiger partial charge on any atom is -0.464 e. The first-order chi connectivity index (χ1) is 8.20. The lowest BCUT2D eigenvalue weighted by molar-refractivity contribution is 0.0594. The minimum absolute atomic E-state index is 0.319. The number of nitrogens with zero attached hydrogens (tertiary/aromatic N) is 2. The molecule has 0 unspecified atom stereocenters. The Bertz CT molecular complexity index is 537. The van der Waals surface area contributed by atoms with Crippen LogP contribution in [0.25, 0.3) is 0 Å². The molecule has 0 saturated carbocycles. The van der Waals surface area contributed by atoms with Gasteiger partial charge in [-0.3, -0.25) is 0 Å². The number of hydrogen-bond donors (Lipinski definition) is 0. The summed E-state index contributed by atoms with van der Waals surface area (Å²) < 4.78 is 7.47. The van der Waals surface area contributed by atoms with Gasteiger partial charge in [0.05, 0.1) is 13.4 Å². The zero-order valence-electron chi connectivity index (χ0n) is 9.26. The van der Waals surface area contributed by atoms with E-state index in [1.54, 1.807) is 12.5 Å². The molecule has 1 aromatic carbocycles. The van der Waals surface area contributed by atoms with Gasteiger partial charge in [0.15, 0.2) is 5.69 Å². The highest BCUT2D eigenvalue weighted by Crippen LogP contribution is 2.17. The van der Waals surface area contributed by atoms with Crippen LogP contribution in [0.4, 0.5) is 0 Å². The SMILES string of the molecule is COC(=O)c1cn(Cc2ccccc2Br)cn1. The molecule has 0 spiro atoms. The third-order valence-corrected chi connectivity index (χ3v) is 3.11. The van der Waals surface area contributed by atoms with Gasteiger partial charge in [-0.25, -0.2) is 9.78 Å². The average molecular weight is 295 g/mol. The highest BCUT2D eigenvalue weighted by atomic mass is 79.9. The van der Waals surface area contributed by atoms with E-state index in [1.807, 2.05) is 28.8 Å². The first-order valence-corrected chi connectivity index (χ1v) is 5.83. The van der Waals surface area contributed by atoms with Gasteiger partial charge in [0, 0.05) is 17.2 Å². The Labute approximate surface area is 107 Å². The second kappa shape index (κ2) is 5.14. The molecule has 88 valence electrons. The maximum absolute atomic E-state index is 11.2. The lowest BCUT2D eigenvalue weighted by atomic mass is 10.2. The molecule has 5 heteroatoms. The van der Waals surface area contributed by atoms with Crippen LogP contribution in [0.15, 0.2) is 41.3 Å². The predicted molar refractivity (Wildman–Crippen MR) is 66.8 cm³/mol. The van der Waals surface area contributed by atoms with Gasteiger partial charge in [-0.15, -0.1) is 0 Å². The summed E-state index contributed by atoms with van der Waals surface area (Å²) in [5, 5.41) is 0. The lowest BCUT2D eigenvalue weighted by Gasteiger charge is -2.04. The molecule has 1 heterocycles. The number of methoxy groups -OCH3 is 1. The molecule has 0 N–H and O–H groups in total. The Morgan fingerprint density at radius 3 is 2.94 bits per heavy atom. The van der Waals surface area contributed by atoms with Crippen LogP contribution >= 0.6 is 15.9 Å². The van der Waals surface area contributed by atoms with E-state index in [-0.39, 0.29) is 0 Å². The van der Waals surface area contributed by atoms with Crippen molar-refractivity contribution in [3.63, 3.8) is 0 Å². The van der Waals surface area contributed by atoms with E-state index in [9.17, 15) is 4.79 Å². The molecule has 0 amide bonds. The molecule has 0 bridgehead atoms. The summed E-state index contributed by atoms with van der Waals surface area (Å²) in [6.45, 7) is 0.658. The standard InChI is InChI=1S/C12H11BrN2O2/c1-17-12(16)11-7-15(8-14-11)6-9-4-2-3-5-10(9)13/h2-5,7-8H,6H2,1H3. The van der Waals surface area contributed by atoms with Gasteiger partial charge in [-0.1, -0.05) is 34.1 Å². The van der Waals surface area contributed by atoms with Crippen LogP contribution in [0.2, 0.25) is 0 Å². The van der Waals surface area contributed by atoms with Crippen LogP contribution in [0.5, 0.6) is 0 Å². The molecule has 0 fully saturated rings. The fourth-order valence-corrected chi connectivity index (χ4v) is 1.89. The van der Waals surface area contributed by atoms with Crippen molar-refractivity contribution in [2.45, 2.75) is 6.54 Å². The summed E-state index contributed by atoms with van der Waals surface area (Å²) in [6.07, 6.45) is 3.29. The number of aromatic nitrogens is 2. The largest absolute Gasteiger partial charge is 0.464 e. The van der Waals surface area contributed by atoms with Crippen molar-refractivity contribution >= 4 is 21.9 Å². The van der Waals surface area contributed by atoms with Crippen molar-refractivity contribution in [2.24, 2.45) is 0 Å². The Hall–Kier alpha value is -1.62. The van der Waals surface area contributed by atoms with E-state index in [1.165, 1.54) is 7.11 Å². The van der Waals surface area contributed by atoms with Gasteiger partial charge in [0.25, 0.3) is 0 Å². The molecule has 0 aliphatic rings. The van der Waals surface area contributed by atoms with Gasteiger partial charge in [-0.05, 0) is 11.6 Å². The first kappa shape index (κ1) is 11.9. The van der Waals surface area contributed by atoms with Crippen LogP contribution in [0.1, 0.15) is 16.1 Å². The number of halogens is 1. The summed E-state index contributed by atoms with van der Waals surface area (Å²) in [6, 6.07) is 7.93. The minimum atomic E-state index is -0.420. The fraction of sp³-hybridized carbons (Fsp3) is 0.167. The van der Waals surface area contributed by atoms with E-state index in [4.69, 9.17) is 0 Å². The van der Waals surface area contributed by atoms with Gasteiger partial charge in [-0.2, -0.15) is 0 Å². The molecule has 0 radical (unpaired) electrons. The van der Waals surface area contributed by atoms with Crippen LogP contribution in [0.3, 0.4) is 0 Å². The van der Waals surface area contributed by atoms with Crippen molar-refractivity contribution < 1.29 is 9.53 Å². The van der Waals surface area contributed by atoms with E-state index < -0.39 is 5.97 Å². The molecule has 0 atom stereocenters. The zero-order chi connectivity index (χ0) is 12.3. The summed E-state index contributed by atoms with van der Waals surface area (Å²) in [5.41, 5.74) is 1.45. The summed E-state index contributed by atoms with van der Waals surface area (Å²) in [5.74, 6) is -0.420. The number of benzene rings is 1. The normalized spacial score (nSPS) is 10.2. The van der Waals surface area contributed by atoms with Crippen molar-refractivity contribution in [2.75, 3.05) is 7.11 Å². The van der Waals surface area contributed by atoms with Crippen molar-refractivity contribution in [1.82, 2.24) is 9.55 Å². The van der Waals surface area contributed by atoms with Crippen molar-refractivity contribution in [3.05, 3.63) is 52.5 Å². The third kappa shape index (κ3) is 2.74. The molecule has 0 aliphatic carbocycles. The molecule has 0 saturated heterocycles. The Balaban J connectivity index is 2.17. The van der Waals surface area contributed by atoms with Gasteiger partial charge in [0.1, 0.15) is 0 Å². The van der Waals surface area contributed by atoms with Gasteiger partial charge >= 0.3 is 5.97 Å². The smallest absolute Gasteiger partial charge is 0.358 e. The zero-order valence-corrected chi connectivity index (χ0v) is 10.8. The molecule has 4 nitrogen and oxygen atoms in total. The van der Waals surface area contributed by atoms with E-state index >= 15 is 0 Å². The number of ether oxygens (including phenoxy) is 1. The lowest BCUT2D eigenvalue weighted by Crippen LogP contribution is -2.01. The number of carbonyl (C=O) groups excluding carboxylic acids is 1. The van der Waals surface area contributed by atoms with Crippen molar-refractivity contribution in [3.8, 4) is 0 Å². The van der Waals surface area contributed by atoms with Crippen LogP contribution in [-0.2, 0) is 11.3 Å². The van der Waals surface area contributed by atoms with Crippen LogP contribution in [0, 0.1) is 0 Å². The molecular weight excluding hydrogens is 284 g/mol. The number of imidazole rings is 1. The highest BCUT2D eigenvalue weighted by Gasteiger charge is 2.09. The molecule has 1 aromatic heterocycles. The maximum atomic E-state index is 11.2. The second-order valence-electron chi connectivity index (χ2n) is 3.51. The van der Waals surface area contributed by atoms with Gasteiger partial charge < -0.3 is 9.30 Å². The van der Waals surface area contributed by atoms with Crippen LogP contribution < -0.4 is 0 Å². The number of hydrogen-bond acceptors (Lipinski definition) is 3. The number of rotatable bonds is 3. The molecule has 0 aliphatic heterocycles. The Kier molecular flexibility index (Phi) is 3.58. The Morgan fingerprint density at radius 2 is 2.24 bits per heavy atom. The van der Waals surface area contributed by atoms with E-state index in [0.717, 1.165) is 10.0 Å². The van der Waals surface area contributed by atoms with E-state index in [2.05, 4.69) is 25.7 Å². The van der Waals surface area contributed by atoms with Crippen molar-refractivity contribution in [1.29, 1.82) is 0 Å². The molecule has 2 rings (SSSR count). The first-order valence-electron chi connectivity index (χ1n) is 5.04. The summed E-state index contributed by atoms with van der Waals surface area (Å²) in [4.78, 5) is 15.2. The monoisotopic (exact) mass is 294 g/mol. The van der Waals surface area contributed by atoms with E-state index in [0.29, 0.717) is 12.2 Å².